The Labute approximate surface area is 199 Å². The molecule has 0 saturated carbocycles. The fourth-order valence-electron chi connectivity index (χ4n) is 4.10. The predicted molar refractivity (Wildman–Crippen MR) is 129 cm³/mol. The van der Waals surface area contributed by atoms with Gasteiger partial charge in [-0.2, -0.15) is 11.8 Å². The van der Waals surface area contributed by atoms with Crippen LogP contribution in [0.5, 0.6) is 0 Å². The van der Waals surface area contributed by atoms with E-state index in [0.29, 0.717) is 30.1 Å². The Morgan fingerprint density at radius 3 is 2.29 bits per heavy atom. The van der Waals surface area contributed by atoms with Crippen LogP contribution in [0.3, 0.4) is 0 Å². The number of benzene rings is 1. The highest BCUT2D eigenvalue weighted by molar-refractivity contribution is 7.98. The molecule has 1 aromatic rings. The molecular formula is C22H32Cl2N4O2S. The third kappa shape index (κ3) is 7.26. The summed E-state index contributed by atoms with van der Waals surface area (Å²) in [6, 6.07) is 4.21. The molecular weight excluding hydrogens is 455 g/mol. The van der Waals surface area contributed by atoms with Crippen LogP contribution in [0.2, 0.25) is 10.0 Å². The molecule has 2 aliphatic heterocycles. The summed E-state index contributed by atoms with van der Waals surface area (Å²) in [6.07, 6.45) is 5.21. The number of thioether (sulfide) groups is 1. The lowest BCUT2D eigenvalue weighted by Crippen LogP contribution is -2.55. The van der Waals surface area contributed by atoms with Crippen LogP contribution in [-0.2, 0) is 4.79 Å². The zero-order valence-corrected chi connectivity index (χ0v) is 20.4. The first-order chi connectivity index (χ1) is 15.0. The highest BCUT2D eigenvalue weighted by Gasteiger charge is 2.29. The molecule has 1 aromatic carbocycles. The van der Waals surface area contributed by atoms with Gasteiger partial charge in [0.25, 0.3) is 5.91 Å². The van der Waals surface area contributed by atoms with E-state index >= 15 is 0 Å². The molecule has 2 amide bonds. The number of halogens is 2. The molecule has 0 aromatic heterocycles. The lowest BCUT2D eigenvalue weighted by molar-refractivity contribution is -0.135. The molecule has 3 rings (SSSR count). The minimum atomic E-state index is -0.553. The van der Waals surface area contributed by atoms with Gasteiger partial charge < -0.3 is 15.1 Å². The third-order valence-corrected chi connectivity index (χ3v) is 7.20. The molecule has 0 radical (unpaired) electrons. The van der Waals surface area contributed by atoms with Crippen molar-refractivity contribution in [1.29, 1.82) is 0 Å². The van der Waals surface area contributed by atoms with Gasteiger partial charge in [-0.1, -0.05) is 23.2 Å². The number of carbonyl (C=O) groups excluding carboxylic acids is 2. The maximum Gasteiger partial charge on any atom is 0.253 e. The van der Waals surface area contributed by atoms with Gasteiger partial charge in [-0.3, -0.25) is 14.5 Å². The van der Waals surface area contributed by atoms with Crippen LogP contribution in [0.25, 0.3) is 0 Å². The number of carbonyl (C=O) groups is 2. The molecule has 1 unspecified atom stereocenters. The Morgan fingerprint density at radius 2 is 1.68 bits per heavy atom. The SMILES string of the molecule is CSCCC(NC(=O)c1ccc(Cl)cc1Cl)C(=O)N1CCN(CCN2CCCC2)CC1. The van der Waals surface area contributed by atoms with Crippen LogP contribution in [0.15, 0.2) is 18.2 Å². The number of hydrogen-bond acceptors (Lipinski definition) is 5. The summed E-state index contributed by atoms with van der Waals surface area (Å²) in [5, 5.41) is 3.66. The molecule has 2 saturated heterocycles. The quantitative estimate of drug-likeness (QED) is 0.580. The molecule has 6 nitrogen and oxygen atoms in total. The van der Waals surface area contributed by atoms with Gasteiger partial charge in [0, 0.05) is 44.3 Å². The van der Waals surface area contributed by atoms with Crippen molar-refractivity contribution in [2.75, 3.05) is 64.4 Å². The summed E-state index contributed by atoms with van der Waals surface area (Å²) in [7, 11) is 0. The van der Waals surface area contributed by atoms with E-state index in [4.69, 9.17) is 23.2 Å². The van der Waals surface area contributed by atoms with Gasteiger partial charge in [0.15, 0.2) is 0 Å². The van der Waals surface area contributed by atoms with Gasteiger partial charge in [-0.05, 0) is 62.6 Å². The Kier molecular flexibility index (Phi) is 9.78. The normalized spacial score (nSPS) is 18.9. The van der Waals surface area contributed by atoms with E-state index in [1.807, 2.05) is 11.2 Å². The van der Waals surface area contributed by atoms with Crippen molar-refractivity contribution in [1.82, 2.24) is 20.0 Å². The molecule has 0 aliphatic carbocycles. The van der Waals surface area contributed by atoms with Gasteiger partial charge in [-0.25, -0.2) is 0 Å². The van der Waals surface area contributed by atoms with E-state index < -0.39 is 6.04 Å². The lowest BCUT2D eigenvalue weighted by Gasteiger charge is -2.37. The van der Waals surface area contributed by atoms with Crippen LogP contribution in [0.1, 0.15) is 29.6 Å². The number of hydrogen-bond donors (Lipinski definition) is 1. The number of likely N-dealkylation sites (tertiary alicyclic amines) is 1. The first-order valence-corrected chi connectivity index (χ1v) is 13.1. The minimum Gasteiger partial charge on any atom is -0.340 e. The Morgan fingerprint density at radius 1 is 1.03 bits per heavy atom. The van der Waals surface area contributed by atoms with Crippen LogP contribution in [0.4, 0.5) is 0 Å². The topological polar surface area (TPSA) is 55.9 Å². The summed E-state index contributed by atoms with van der Waals surface area (Å²) < 4.78 is 0. The number of piperazine rings is 1. The van der Waals surface area contributed by atoms with Crippen molar-refractivity contribution in [2.45, 2.75) is 25.3 Å². The van der Waals surface area contributed by atoms with E-state index in [2.05, 4.69) is 15.1 Å². The monoisotopic (exact) mass is 486 g/mol. The number of nitrogens with zero attached hydrogens (tertiary/aromatic N) is 3. The fraction of sp³-hybridized carbons (Fsp3) is 0.636. The van der Waals surface area contributed by atoms with Gasteiger partial charge in [-0.15, -0.1) is 0 Å². The van der Waals surface area contributed by atoms with Crippen molar-refractivity contribution in [2.24, 2.45) is 0 Å². The summed E-state index contributed by atoms with van der Waals surface area (Å²) >= 11 is 13.8. The Bertz CT molecular complexity index is 753. The molecule has 31 heavy (non-hydrogen) atoms. The van der Waals surface area contributed by atoms with Crippen molar-refractivity contribution < 1.29 is 9.59 Å². The van der Waals surface area contributed by atoms with Crippen molar-refractivity contribution in [3.05, 3.63) is 33.8 Å². The molecule has 9 heteroatoms. The van der Waals surface area contributed by atoms with Crippen LogP contribution >= 0.6 is 35.0 Å². The first-order valence-electron chi connectivity index (χ1n) is 11.0. The first kappa shape index (κ1) is 24.6. The van der Waals surface area contributed by atoms with Crippen molar-refractivity contribution in [3.8, 4) is 0 Å². The summed E-state index contributed by atoms with van der Waals surface area (Å²) in [5.41, 5.74) is 0.333. The van der Waals surface area contributed by atoms with Crippen LogP contribution < -0.4 is 5.32 Å². The lowest BCUT2D eigenvalue weighted by atomic mass is 10.1. The zero-order chi connectivity index (χ0) is 22.2. The molecule has 0 bridgehead atoms. The maximum absolute atomic E-state index is 13.2. The number of nitrogens with one attached hydrogen (secondary N) is 1. The summed E-state index contributed by atoms with van der Waals surface area (Å²) in [6.45, 7) is 7.77. The molecule has 2 heterocycles. The standard InChI is InChI=1S/C22H32Cl2N4O2S/c1-31-15-6-20(25-21(29)18-5-4-17(23)16-19(18)24)22(30)28-13-11-27(12-14-28)10-9-26-7-2-3-8-26/h4-5,16,20H,2-3,6-15H2,1H3,(H,25,29). The fourth-order valence-corrected chi connectivity index (χ4v) is 5.07. The molecule has 172 valence electrons. The van der Waals surface area contributed by atoms with Crippen molar-refractivity contribution in [3.63, 3.8) is 0 Å². The van der Waals surface area contributed by atoms with E-state index in [9.17, 15) is 9.59 Å². The summed E-state index contributed by atoms with van der Waals surface area (Å²) in [5.74, 6) is 0.443. The summed E-state index contributed by atoms with van der Waals surface area (Å²) in [4.78, 5) is 32.8. The Hall–Kier alpha value is -0.990. The molecule has 1 atom stereocenters. The average molecular weight is 487 g/mol. The zero-order valence-electron chi connectivity index (χ0n) is 18.1. The van der Waals surface area contributed by atoms with Gasteiger partial charge >= 0.3 is 0 Å². The van der Waals surface area contributed by atoms with Crippen LogP contribution in [0, 0.1) is 0 Å². The Balaban J connectivity index is 1.53. The largest absolute Gasteiger partial charge is 0.340 e. The molecule has 2 fully saturated rings. The van der Waals surface area contributed by atoms with E-state index in [0.717, 1.165) is 31.9 Å². The molecule has 0 spiro atoms. The number of rotatable bonds is 9. The molecule has 1 N–H and O–H groups in total. The second kappa shape index (κ2) is 12.3. The second-order valence-electron chi connectivity index (χ2n) is 8.15. The van der Waals surface area contributed by atoms with Gasteiger partial charge in [0.2, 0.25) is 5.91 Å². The number of amides is 2. The second-order valence-corrected chi connectivity index (χ2v) is 9.98. The van der Waals surface area contributed by atoms with E-state index in [-0.39, 0.29) is 16.8 Å². The van der Waals surface area contributed by atoms with Gasteiger partial charge in [0.1, 0.15) is 6.04 Å². The third-order valence-electron chi connectivity index (χ3n) is 6.00. The predicted octanol–water partition coefficient (Wildman–Crippen LogP) is 3.08. The van der Waals surface area contributed by atoms with Crippen molar-refractivity contribution >= 4 is 46.8 Å². The minimum absolute atomic E-state index is 0.00770. The van der Waals surface area contributed by atoms with E-state index in [1.165, 1.54) is 32.0 Å². The van der Waals surface area contributed by atoms with Crippen LogP contribution in [-0.4, -0.2) is 96.9 Å². The maximum atomic E-state index is 13.2. The highest BCUT2D eigenvalue weighted by Crippen LogP contribution is 2.21. The highest BCUT2D eigenvalue weighted by atomic mass is 35.5. The van der Waals surface area contributed by atoms with E-state index in [1.54, 1.807) is 23.9 Å². The smallest absolute Gasteiger partial charge is 0.253 e. The van der Waals surface area contributed by atoms with Gasteiger partial charge in [0.05, 0.1) is 10.6 Å². The molecule has 2 aliphatic rings. The average Bonchev–Trinajstić information content (AvgIpc) is 3.28.